The number of rotatable bonds is 3. The Balaban J connectivity index is 2.17. The van der Waals surface area contributed by atoms with Crippen LogP contribution in [0.3, 0.4) is 0 Å². The Morgan fingerprint density at radius 2 is 1.95 bits per heavy atom. The van der Waals surface area contributed by atoms with Crippen molar-refractivity contribution in [3.8, 4) is 0 Å². The molecule has 8 heteroatoms. The van der Waals surface area contributed by atoms with Gasteiger partial charge in [-0.05, 0) is 31.2 Å². The van der Waals surface area contributed by atoms with Crippen molar-refractivity contribution in [1.29, 1.82) is 0 Å². The number of H-pyrrole nitrogens is 1. The van der Waals surface area contributed by atoms with E-state index in [0.29, 0.717) is 16.9 Å². The van der Waals surface area contributed by atoms with Crippen LogP contribution < -0.4 is 10.5 Å². The van der Waals surface area contributed by atoms with Crippen molar-refractivity contribution in [1.82, 2.24) is 10.2 Å². The lowest BCUT2D eigenvalue weighted by Crippen LogP contribution is -2.14. The third-order valence-electron chi connectivity index (χ3n) is 2.52. The van der Waals surface area contributed by atoms with E-state index < -0.39 is 10.0 Å². The van der Waals surface area contributed by atoms with E-state index in [1.165, 1.54) is 30.5 Å². The zero-order chi connectivity index (χ0) is 14.0. The van der Waals surface area contributed by atoms with Crippen molar-refractivity contribution in [3.05, 3.63) is 41.7 Å². The van der Waals surface area contributed by atoms with E-state index in [0.717, 1.165) is 0 Å². The van der Waals surface area contributed by atoms with Crippen LogP contribution in [0.5, 0.6) is 0 Å². The fraction of sp³-hybridized carbons (Fsp3) is 0.0909. The molecule has 0 unspecified atom stereocenters. The first-order valence-electron chi connectivity index (χ1n) is 5.32. The molecule has 0 spiro atoms. The van der Waals surface area contributed by atoms with E-state index in [-0.39, 0.29) is 10.8 Å². The molecule has 1 amide bonds. The van der Waals surface area contributed by atoms with Crippen LogP contribution in [0, 0.1) is 6.92 Å². The minimum atomic E-state index is -3.73. The van der Waals surface area contributed by atoms with E-state index in [4.69, 9.17) is 5.14 Å². The van der Waals surface area contributed by atoms with Crippen LogP contribution in [0.4, 0.5) is 5.69 Å². The lowest BCUT2D eigenvalue weighted by atomic mass is 10.2. The average molecular weight is 280 g/mol. The zero-order valence-electron chi connectivity index (χ0n) is 10.0. The summed E-state index contributed by atoms with van der Waals surface area (Å²) < 4.78 is 22.2. The molecule has 0 aliphatic heterocycles. The van der Waals surface area contributed by atoms with Gasteiger partial charge in [-0.1, -0.05) is 0 Å². The van der Waals surface area contributed by atoms with Gasteiger partial charge in [0.05, 0.1) is 16.7 Å². The van der Waals surface area contributed by atoms with Crippen molar-refractivity contribution >= 4 is 21.6 Å². The first kappa shape index (κ1) is 13.2. The van der Waals surface area contributed by atoms with Gasteiger partial charge in [0, 0.05) is 11.4 Å². The van der Waals surface area contributed by atoms with Crippen LogP contribution in [0.2, 0.25) is 0 Å². The molecule has 0 saturated heterocycles. The summed E-state index contributed by atoms with van der Waals surface area (Å²) in [6.07, 6.45) is 1.42. The summed E-state index contributed by atoms with van der Waals surface area (Å²) in [5.74, 6) is -0.324. The largest absolute Gasteiger partial charge is 0.322 e. The van der Waals surface area contributed by atoms with E-state index >= 15 is 0 Å². The maximum atomic E-state index is 11.9. The van der Waals surface area contributed by atoms with Crippen molar-refractivity contribution in [2.24, 2.45) is 5.14 Å². The van der Waals surface area contributed by atoms with Crippen LogP contribution in [0.25, 0.3) is 0 Å². The number of sulfonamides is 1. The second-order valence-electron chi connectivity index (χ2n) is 3.93. The summed E-state index contributed by atoms with van der Waals surface area (Å²) in [7, 11) is -3.73. The molecule has 100 valence electrons. The molecular weight excluding hydrogens is 268 g/mol. The van der Waals surface area contributed by atoms with Gasteiger partial charge in [-0.2, -0.15) is 5.10 Å². The maximum Gasteiger partial charge on any atom is 0.259 e. The Morgan fingerprint density at radius 3 is 2.42 bits per heavy atom. The molecule has 1 aromatic carbocycles. The predicted molar refractivity (Wildman–Crippen MR) is 69.1 cm³/mol. The summed E-state index contributed by atoms with van der Waals surface area (Å²) in [4.78, 5) is 11.9. The predicted octanol–water partition coefficient (Wildman–Crippen LogP) is 0.618. The number of benzene rings is 1. The molecule has 0 radical (unpaired) electrons. The van der Waals surface area contributed by atoms with Crippen LogP contribution in [0.15, 0.2) is 35.4 Å². The summed E-state index contributed by atoms with van der Waals surface area (Å²) >= 11 is 0. The molecule has 7 nitrogen and oxygen atoms in total. The van der Waals surface area contributed by atoms with E-state index in [9.17, 15) is 13.2 Å². The third kappa shape index (κ3) is 2.98. The van der Waals surface area contributed by atoms with Gasteiger partial charge in [0.2, 0.25) is 10.0 Å². The summed E-state index contributed by atoms with van der Waals surface area (Å²) in [6.45, 7) is 1.73. The molecule has 0 aliphatic rings. The van der Waals surface area contributed by atoms with Crippen LogP contribution in [-0.4, -0.2) is 24.5 Å². The molecular formula is C11H12N4O3S. The number of amides is 1. The minimum absolute atomic E-state index is 0.00927. The fourth-order valence-electron chi connectivity index (χ4n) is 1.51. The molecule has 19 heavy (non-hydrogen) atoms. The van der Waals surface area contributed by atoms with Crippen LogP contribution in [0.1, 0.15) is 16.1 Å². The Morgan fingerprint density at radius 1 is 1.32 bits per heavy atom. The summed E-state index contributed by atoms with van der Waals surface area (Å²) in [5.41, 5.74) is 1.55. The number of primary sulfonamides is 1. The Bertz CT molecular complexity index is 704. The summed E-state index contributed by atoms with van der Waals surface area (Å²) in [5, 5.41) is 14.0. The highest BCUT2D eigenvalue weighted by atomic mass is 32.2. The quantitative estimate of drug-likeness (QED) is 0.763. The summed E-state index contributed by atoms with van der Waals surface area (Å²) in [6, 6.07) is 5.58. The van der Waals surface area contributed by atoms with E-state index in [1.54, 1.807) is 6.92 Å². The van der Waals surface area contributed by atoms with Gasteiger partial charge < -0.3 is 5.32 Å². The fourth-order valence-corrected chi connectivity index (χ4v) is 2.02. The lowest BCUT2D eigenvalue weighted by molar-refractivity contribution is 0.102. The molecule has 2 rings (SSSR count). The van der Waals surface area contributed by atoms with Gasteiger partial charge in [-0.15, -0.1) is 0 Å². The molecule has 0 aliphatic carbocycles. The molecule has 4 N–H and O–H groups in total. The van der Waals surface area contributed by atoms with Crippen molar-refractivity contribution in [2.45, 2.75) is 11.8 Å². The molecule has 2 aromatic rings. The van der Waals surface area contributed by atoms with E-state index in [2.05, 4.69) is 15.5 Å². The van der Waals surface area contributed by atoms with Crippen molar-refractivity contribution in [3.63, 3.8) is 0 Å². The van der Waals surface area contributed by atoms with Gasteiger partial charge in [0.1, 0.15) is 0 Å². The Kier molecular flexibility index (Phi) is 3.36. The average Bonchev–Trinajstić information content (AvgIpc) is 2.75. The number of anilines is 1. The topological polar surface area (TPSA) is 118 Å². The van der Waals surface area contributed by atoms with Crippen molar-refractivity contribution in [2.75, 3.05) is 5.32 Å². The Hall–Kier alpha value is -2.19. The number of carbonyl (C=O) groups is 1. The maximum absolute atomic E-state index is 11.9. The van der Waals surface area contributed by atoms with Crippen molar-refractivity contribution < 1.29 is 13.2 Å². The first-order valence-corrected chi connectivity index (χ1v) is 6.87. The molecule has 0 bridgehead atoms. The number of hydrogen-bond donors (Lipinski definition) is 3. The number of aryl methyl sites for hydroxylation is 1. The van der Waals surface area contributed by atoms with Gasteiger partial charge in [-0.3, -0.25) is 9.89 Å². The van der Waals surface area contributed by atoms with Gasteiger partial charge >= 0.3 is 0 Å². The number of nitrogens with one attached hydrogen (secondary N) is 2. The number of aromatic amines is 1. The zero-order valence-corrected chi connectivity index (χ0v) is 10.9. The van der Waals surface area contributed by atoms with Gasteiger partial charge in [0.15, 0.2) is 0 Å². The second-order valence-corrected chi connectivity index (χ2v) is 5.49. The normalized spacial score (nSPS) is 11.3. The standard InChI is InChI=1S/C11H12N4O3S/c1-7-10(6-13-15-7)11(16)14-8-2-4-9(5-3-8)19(12,17)18/h2-6H,1H3,(H,13,15)(H,14,16)(H2,12,17,18). The third-order valence-corrected chi connectivity index (χ3v) is 3.44. The Labute approximate surface area is 109 Å². The number of aromatic nitrogens is 2. The highest BCUT2D eigenvalue weighted by Crippen LogP contribution is 2.14. The SMILES string of the molecule is Cc1[nH]ncc1C(=O)Nc1ccc(S(N)(=O)=O)cc1. The molecule has 0 fully saturated rings. The van der Waals surface area contributed by atoms with Gasteiger partial charge in [0.25, 0.3) is 5.91 Å². The molecule has 0 atom stereocenters. The van der Waals surface area contributed by atoms with E-state index in [1.807, 2.05) is 0 Å². The minimum Gasteiger partial charge on any atom is -0.322 e. The smallest absolute Gasteiger partial charge is 0.259 e. The van der Waals surface area contributed by atoms with Crippen LogP contribution in [-0.2, 0) is 10.0 Å². The second kappa shape index (κ2) is 4.82. The van der Waals surface area contributed by atoms with Gasteiger partial charge in [-0.25, -0.2) is 13.6 Å². The monoisotopic (exact) mass is 280 g/mol. The molecule has 0 saturated carbocycles. The number of nitrogens with zero attached hydrogens (tertiary/aromatic N) is 1. The number of hydrogen-bond acceptors (Lipinski definition) is 4. The lowest BCUT2D eigenvalue weighted by Gasteiger charge is -2.05. The highest BCUT2D eigenvalue weighted by Gasteiger charge is 2.12. The number of carbonyl (C=O) groups excluding carboxylic acids is 1. The number of nitrogens with two attached hydrogens (primary N) is 1. The highest BCUT2D eigenvalue weighted by molar-refractivity contribution is 7.89. The first-order chi connectivity index (χ1) is 8.88. The molecule has 1 aromatic heterocycles. The molecule has 1 heterocycles. The van der Waals surface area contributed by atoms with Crippen LogP contribution >= 0.6 is 0 Å².